The number of nitrogens with zero attached hydrogens (tertiary/aromatic N) is 2. The molecule has 1 heterocycles. The summed E-state index contributed by atoms with van der Waals surface area (Å²) >= 11 is 1.32. The Kier molecular flexibility index (Phi) is 3.41. The van der Waals surface area contributed by atoms with Gasteiger partial charge in [0, 0.05) is 18.1 Å². The highest BCUT2D eigenvalue weighted by Gasteiger charge is 2.12. The minimum atomic E-state index is -3.62. The molecule has 2 rings (SSSR count). The SMILES string of the molecule is Cc1ccc(S(=O)(=O)/N=c2\scc(C)n2C)cc1. The maximum atomic E-state index is 12.1. The van der Waals surface area contributed by atoms with Crippen LogP contribution in [0.4, 0.5) is 0 Å². The van der Waals surface area contributed by atoms with Gasteiger partial charge in [0.15, 0.2) is 0 Å². The van der Waals surface area contributed by atoms with E-state index in [-0.39, 0.29) is 4.90 Å². The third kappa shape index (κ3) is 2.54. The predicted octanol–water partition coefficient (Wildman–Crippen LogP) is 1.99. The molecule has 0 spiro atoms. The fourth-order valence-corrected chi connectivity index (χ4v) is 3.51. The van der Waals surface area contributed by atoms with Crippen LogP contribution in [0.5, 0.6) is 0 Å². The van der Waals surface area contributed by atoms with Crippen molar-refractivity contribution in [1.29, 1.82) is 0 Å². The van der Waals surface area contributed by atoms with E-state index in [1.807, 2.05) is 19.2 Å². The number of hydrogen-bond acceptors (Lipinski definition) is 3. The fourth-order valence-electron chi connectivity index (χ4n) is 1.40. The number of rotatable bonds is 2. The third-order valence-electron chi connectivity index (χ3n) is 2.67. The van der Waals surface area contributed by atoms with Crippen molar-refractivity contribution in [2.75, 3.05) is 0 Å². The largest absolute Gasteiger partial charge is 0.324 e. The molecule has 0 aliphatic carbocycles. The molecule has 0 bridgehead atoms. The summed E-state index contributed by atoms with van der Waals surface area (Å²) < 4.78 is 29.8. The van der Waals surface area contributed by atoms with E-state index in [0.29, 0.717) is 4.80 Å². The van der Waals surface area contributed by atoms with Gasteiger partial charge in [-0.1, -0.05) is 17.7 Å². The lowest BCUT2D eigenvalue weighted by Crippen LogP contribution is -2.14. The topological polar surface area (TPSA) is 51.4 Å². The standard InChI is InChI=1S/C12H14N2O2S2/c1-9-4-6-11(7-5-9)18(15,16)13-12-14(3)10(2)8-17-12/h4-8H,1-3H3/b13-12-. The Morgan fingerprint density at radius 1 is 1.17 bits per heavy atom. The molecule has 0 fully saturated rings. The van der Waals surface area contributed by atoms with Crippen LogP contribution in [0.2, 0.25) is 0 Å². The number of thiazole rings is 1. The summed E-state index contributed by atoms with van der Waals surface area (Å²) in [6.07, 6.45) is 0. The molecule has 0 aliphatic rings. The normalized spacial score (nSPS) is 12.9. The summed E-state index contributed by atoms with van der Waals surface area (Å²) in [4.78, 5) is 0.701. The first-order valence-corrected chi connectivity index (χ1v) is 7.71. The van der Waals surface area contributed by atoms with E-state index < -0.39 is 10.0 Å². The molecule has 0 aliphatic heterocycles. The summed E-state index contributed by atoms with van der Waals surface area (Å²) in [6, 6.07) is 6.69. The number of aryl methyl sites for hydroxylation is 2. The maximum absolute atomic E-state index is 12.1. The monoisotopic (exact) mass is 282 g/mol. The van der Waals surface area contributed by atoms with E-state index in [4.69, 9.17) is 0 Å². The molecule has 0 radical (unpaired) electrons. The summed E-state index contributed by atoms with van der Waals surface area (Å²) in [5.41, 5.74) is 2.00. The van der Waals surface area contributed by atoms with Gasteiger partial charge in [-0.15, -0.1) is 15.7 Å². The molecule has 0 unspecified atom stereocenters. The third-order valence-corrected chi connectivity index (χ3v) is 5.10. The van der Waals surface area contributed by atoms with Crippen molar-refractivity contribution >= 4 is 21.4 Å². The molecule has 18 heavy (non-hydrogen) atoms. The number of hydrogen-bond donors (Lipinski definition) is 0. The van der Waals surface area contributed by atoms with Gasteiger partial charge in [0.25, 0.3) is 10.0 Å². The first-order valence-electron chi connectivity index (χ1n) is 5.39. The zero-order valence-electron chi connectivity index (χ0n) is 10.4. The molecule has 4 nitrogen and oxygen atoms in total. The van der Waals surface area contributed by atoms with E-state index in [1.165, 1.54) is 11.3 Å². The second kappa shape index (κ2) is 4.70. The second-order valence-electron chi connectivity index (χ2n) is 4.10. The van der Waals surface area contributed by atoms with Crippen LogP contribution in [0.1, 0.15) is 11.3 Å². The summed E-state index contributed by atoms with van der Waals surface area (Å²) in [6.45, 7) is 3.82. The highest BCUT2D eigenvalue weighted by Crippen LogP contribution is 2.12. The maximum Gasteiger partial charge on any atom is 0.285 e. The Hall–Kier alpha value is -1.40. The van der Waals surface area contributed by atoms with Gasteiger partial charge in [-0.25, -0.2) is 0 Å². The lowest BCUT2D eigenvalue weighted by Gasteiger charge is -1.99. The summed E-state index contributed by atoms with van der Waals surface area (Å²) in [7, 11) is -1.82. The molecule has 1 aromatic heterocycles. The number of sulfonamides is 1. The van der Waals surface area contributed by atoms with Crippen LogP contribution in [-0.4, -0.2) is 13.0 Å². The molecule has 1 aromatic carbocycles. The van der Waals surface area contributed by atoms with Crippen molar-refractivity contribution in [2.24, 2.45) is 11.4 Å². The van der Waals surface area contributed by atoms with Crippen LogP contribution >= 0.6 is 11.3 Å². The van der Waals surface area contributed by atoms with Gasteiger partial charge in [-0.2, -0.15) is 8.42 Å². The molecular formula is C12H14N2O2S2. The second-order valence-corrected chi connectivity index (χ2v) is 6.54. The van der Waals surface area contributed by atoms with Crippen molar-refractivity contribution in [3.05, 3.63) is 45.7 Å². The van der Waals surface area contributed by atoms with Crippen LogP contribution in [-0.2, 0) is 17.1 Å². The molecule has 0 amide bonds. The van der Waals surface area contributed by atoms with E-state index in [2.05, 4.69) is 4.40 Å². The van der Waals surface area contributed by atoms with Crippen molar-refractivity contribution < 1.29 is 8.42 Å². The Labute approximate surface area is 110 Å². The zero-order valence-corrected chi connectivity index (χ0v) is 12.0. The Morgan fingerprint density at radius 2 is 1.78 bits per heavy atom. The van der Waals surface area contributed by atoms with Gasteiger partial charge < -0.3 is 4.57 Å². The van der Waals surface area contributed by atoms with Crippen LogP contribution in [0, 0.1) is 13.8 Å². The Bertz CT molecular complexity index is 722. The molecule has 0 atom stereocenters. The van der Waals surface area contributed by atoms with E-state index >= 15 is 0 Å². The highest BCUT2D eigenvalue weighted by atomic mass is 32.2. The summed E-state index contributed by atoms with van der Waals surface area (Å²) in [5.74, 6) is 0. The molecule has 0 N–H and O–H groups in total. The molecule has 0 saturated heterocycles. The molecule has 2 aromatic rings. The van der Waals surface area contributed by atoms with Crippen molar-refractivity contribution in [1.82, 2.24) is 4.57 Å². The average molecular weight is 282 g/mol. The van der Waals surface area contributed by atoms with Crippen LogP contribution < -0.4 is 4.80 Å². The lowest BCUT2D eigenvalue weighted by atomic mass is 10.2. The van der Waals surface area contributed by atoms with Crippen LogP contribution in [0.15, 0.2) is 38.9 Å². The van der Waals surface area contributed by atoms with Crippen molar-refractivity contribution in [3.8, 4) is 0 Å². The van der Waals surface area contributed by atoms with Gasteiger partial charge in [0.05, 0.1) is 4.90 Å². The smallest absolute Gasteiger partial charge is 0.285 e. The Morgan fingerprint density at radius 3 is 2.28 bits per heavy atom. The van der Waals surface area contributed by atoms with Gasteiger partial charge >= 0.3 is 0 Å². The predicted molar refractivity (Wildman–Crippen MR) is 72.0 cm³/mol. The Balaban J connectivity index is 2.54. The fraction of sp³-hybridized carbons (Fsp3) is 0.250. The molecule has 0 saturated carbocycles. The van der Waals surface area contributed by atoms with E-state index in [9.17, 15) is 8.42 Å². The number of aromatic nitrogens is 1. The lowest BCUT2D eigenvalue weighted by molar-refractivity contribution is 0.596. The summed E-state index contributed by atoms with van der Waals surface area (Å²) in [5, 5.41) is 1.88. The molecular weight excluding hydrogens is 268 g/mol. The number of benzene rings is 1. The molecule has 96 valence electrons. The van der Waals surface area contributed by atoms with Crippen LogP contribution in [0.3, 0.4) is 0 Å². The van der Waals surface area contributed by atoms with Gasteiger partial charge in [-0.05, 0) is 26.0 Å². The highest BCUT2D eigenvalue weighted by molar-refractivity contribution is 7.90. The van der Waals surface area contributed by atoms with Gasteiger partial charge in [0.2, 0.25) is 4.80 Å². The molecule has 6 heteroatoms. The first kappa shape index (κ1) is 13.0. The van der Waals surface area contributed by atoms with E-state index in [1.54, 1.807) is 35.9 Å². The zero-order chi connectivity index (χ0) is 13.3. The van der Waals surface area contributed by atoms with Crippen molar-refractivity contribution in [3.63, 3.8) is 0 Å². The average Bonchev–Trinajstić information content (AvgIpc) is 2.61. The quantitative estimate of drug-likeness (QED) is 0.846. The minimum Gasteiger partial charge on any atom is -0.324 e. The minimum absolute atomic E-state index is 0.221. The van der Waals surface area contributed by atoms with Gasteiger partial charge in [-0.3, -0.25) is 0 Å². The van der Waals surface area contributed by atoms with E-state index in [0.717, 1.165) is 11.3 Å². The first-order chi connectivity index (χ1) is 8.40. The van der Waals surface area contributed by atoms with Crippen molar-refractivity contribution in [2.45, 2.75) is 18.7 Å². The van der Waals surface area contributed by atoms with Crippen LogP contribution in [0.25, 0.3) is 0 Å². The van der Waals surface area contributed by atoms with Gasteiger partial charge in [0.1, 0.15) is 0 Å².